The van der Waals surface area contributed by atoms with Gasteiger partial charge in [0.15, 0.2) is 0 Å². The van der Waals surface area contributed by atoms with E-state index in [9.17, 15) is 14.4 Å². The Morgan fingerprint density at radius 2 is 1.88 bits per heavy atom. The second-order valence-electron chi connectivity index (χ2n) is 4.68. The summed E-state index contributed by atoms with van der Waals surface area (Å²) in [5, 5.41) is 0. The van der Waals surface area contributed by atoms with Gasteiger partial charge in [0.05, 0.1) is 11.8 Å². The number of hydrogen-bond acceptors (Lipinski definition) is 3. The molecule has 1 aliphatic carbocycles. The Morgan fingerprint density at radius 3 is 2.56 bits per heavy atom. The number of unbranched alkanes of at least 4 members (excludes halogenated alkanes) is 1. The number of amides is 2. The zero-order chi connectivity index (χ0) is 11.7. The van der Waals surface area contributed by atoms with Gasteiger partial charge in [-0.25, -0.2) is 0 Å². The fourth-order valence-electron chi connectivity index (χ4n) is 2.61. The normalized spacial score (nSPS) is 29.8. The van der Waals surface area contributed by atoms with Crippen LogP contribution in [0.3, 0.4) is 0 Å². The minimum absolute atomic E-state index is 0.0454. The number of likely N-dealkylation sites (tertiary alicyclic amines) is 1. The lowest BCUT2D eigenvalue weighted by Crippen LogP contribution is -2.32. The van der Waals surface area contributed by atoms with Crippen LogP contribution in [0.1, 0.15) is 39.0 Å². The predicted octanol–water partition coefficient (Wildman–Crippen LogP) is 1.14. The first-order valence-corrected chi connectivity index (χ1v) is 6.02. The largest absolute Gasteiger partial charge is 0.300 e. The Labute approximate surface area is 95.0 Å². The number of carbonyl (C=O) groups excluding carboxylic acids is 3. The van der Waals surface area contributed by atoms with E-state index < -0.39 is 0 Å². The number of hydrogen-bond donors (Lipinski definition) is 0. The summed E-state index contributed by atoms with van der Waals surface area (Å²) >= 11 is 0. The van der Waals surface area contributed by atoms with Gasteiger partial charge in [0.1, 0.15) is 5.78 Å². The molecule has 1 aliphatic heterocycles. The van der Waals surface area contributed by atoms with Crippen molar-refractivity contribution in [3.8, 4) is 0 Å². The Morgan fingerprint density at radius 1 is 1.19 bits per heavy atom. The second-order valence-corrected chi connectivity index (χ2v) is 4.68. The van der Waals surface area contributed by atoms with Crippen LogP contribution in [0, 0.1) is 11.8 Å². The van der Waals surface area contributed by atoms with Gasteiger partial charge in [0.25, 0.3) is 0 Å². The molecule has 1 saturated carbocycles. The molecule has 2 fully saturated rings. The van der Waals surface area contributed by atoms with E-state index in [1.165, 1.54) is 4.90 Å². The van der Waals surface area contributed by atoms with E-state index in [-0.39, 0.29) is 35.9 Å². The zero-order valence-corrected chi connectivity index (χ0v) is 9.57. The topological polar surface area (TPSA) is 54.5 Å². The molecule has 2 rings (SSSR count). The van der Waals surface area contributed by atoms with Crippen molar-refractivity contribution in [3.63, 3.8) is 0 Å². The average molecular weight is 223 g/mol. The standard InChI is InChI=1S/C12H17NO3/c1-2-3-6-13-11(15)9-5-4-8(14)7-10(9)12(13)16/h9-10H,2-7H2,1H3/t9-,10+/m1/s1. The molecule has 88 valence electrons. The summed E-state index contributed by atoms with van der Waals surface area (Å²) in [5.74, 6) is -0.583. The van der Waals surface area contributed by atoms with Gasteiger partial charge in [-0.1, -0.05) is 13.3 Å². The van der Waals surface area contributed by atoms with Crippen LogP contribution in [0.25, 0.3) is 0 Å². The van der Waals surface area contributed by atoms with Gasteiger partial charge in [0.2, 0.25) is 11.8 Å². The SMILES string of the molecule is CCCCN1C(=O)[C@H]2CC(=O)CC[C@H]2C1=O. The third-order valence-electron chi connectivity index (χ3n) is 3.57. The van der Waals surface area contributed by atoms with Gasteiger partial charge in [0, 0.05) is 19.4 Å². The smallest absolute Gasteiger partial charge is 0.233 e. The van der Waals surface area contributed by atoms with Crippen LogP contribution in [0.4, 0.5) is 0 Å². The van der Waals surface area contributed by atoms with Gasteiger partial charge >= 0.3 is 0 Å². The highest BCUT2D eigenvalue weighted by Crippen LogP contribution is 2.36. The van der Waals surface area contributed by atoms with Crippen LogP contribution in [0.15, 0.2) is 0 Å². The minimum atomic E-state index is -0.342. The first-order valence-electron chi connectivity index (χ1n) is 6.02. The van der Waals surface area contributed by atoms with Crippen molar-refractivity contribution in [1.82, 2.24) is 4.90 Å². The summed E-state index contributed by atoms with van der Waals surface area (Å²) < 4.78 is 0. The number of Topliss-reactive ketones (excluding diaryl/α,β-unsaturated/α-hetero) is 1. The van der Waals surface area contributed by atoms with Crippen LogP contribution in [0.2, 0.25) is 0 Å². The summed E-state index contributed by atoms with van der Waals surface area (Å²) in [7, 11) is 0. The first kappa shape index (κ1) is 11.3. The highest BCUT2D eigenvalue weighted by Gasteiger charge is 2.49. The van der Waals surface area contributed by atoms with Crippen molar-refractivity contribution >= 4 is 17.6 Å². The molecule has 0 N–H and O–H groups in total. The molecular weight excluding hydrogens is 206 g/mol. The Balaban J connectivity index is 2.11. The van der Waals surface area contributed by atoms with E-state index in [2.05, 4.69) is 0 Å². The van der Waals surface area contributed by atoms with Gasteiger partial charge in [-0.05, 0) is 12.8 Å². The van der Waals surface area contributed by atoms with E-state index >= 15 is 0 Å². The molecule has 2 atom stereocenters. The Kier molecular flexibility index (Phi) is 3.08. The second kappa shape index (κ2) is 4.36. The number of carbonyl (C=O) groups is 3. The Bertz CT molecular complexity index is 337. The maximum absolute atomic E-state index is 12.0. The van der Waals surface area contributed by atoms with E-state index in [0.717, 1.165) is 12.8 Å². The van der Waals surface area contributed by atoms with E-state index in [1.807, 2.05) is 6.92 Å². The van der Waals surface area contributed by atoms with Crippen molar-refractivity contribution in [2.75, 3.05) is 6.54 Å². The summed E-state index contributed by atoms with van der Waals surface area (Å²) in [5.41, 5.74) is 0. The summed E-state index contributed by atoms with van der Waals surface area (Å²) in [6.45, 7) is 2.55. The molecule has 2 aliphatic rings. The molecule has 1 heterocycles. The molecule has 0 aromatic carbocycles. The molecule has 1 saturated heterocycles. The molecule has 16 heavy (non-hydrogen) atoms. The highest BCUT2D eigenvalue weighted by atomic mass is 16.2. The van der Waals surface area contributed by atoms with E-state index in [1.54, 1.807) is 0 Å². The summed E-state index contributed by atoms with van der Waals surface area (Å²) in [4.78, 5) is 36.6. The van der Waals surface area contributed by atoms with E-state index in [4.69, 9.17) is 0 Å². The maximum atomic E-state index is 12.0. The molecule has 4 nitrogen and oxygen atoms in total. The van der Waals surface area contributed by atoms with Crippen molar-refractivity contribution in [2.24, 2.45) is 11.8 Å². The van der Waals surface area contributed by atoms with Crippen LogP contribution in [-0.2, 0) is 14.4 Å². The lowest BCUT2D eigenvalue weighted by atomic mass is 9.80. The quantitative estimate of drug-likeness (QED) is 0.674. The molecule has 0 bridgehead atoms. The number of fused-ring (bicyclic) bond motifs is 1. The first-order chi connectivity index (χ1) is 7.65. The summed E-state index contributed by atoms with van der Waals surface area (Å²) in [6, 6.07) is 0. The number of imide groups is 1. The maximum Gasteiger partial charge on any atom is 0.233 e. The van der Waals surface area contributed by atoms with Crippen LogP contribution in [0.5, 0.6) is 0 Å². The molecule has 0 aromatic rings. The fourth-order valence-corrected chi connectivity index (χ4v) is 2.61. The lowest BCUT2D eigenvalue weighted by Gasteiger charge is -2.18. The van der Waals surface area contributed by atoms with Crippen molar-refractivity contribution < 1.29 is 14.4 Å². The highest BCUT2D eigenvalue weighted by molar-refractivity contribution is 6.07. The van der Waals surface area contributed by atoms with Crippen LogP contribution in [-0.4, -0.2) is 29.0 Å². The van der Waals surface area contributed by atoms with Gasteiger partial charge in [-0.2, -0.15) is 0 Å². The average Bonchev–Trinajstić information content (AvgIpc) is 2.50. The fraction of sp³-hybridized carbons (Fsp3) is 0.750. The van der Waals surface area contributed by atoms with Gasteiger partial charge < -0.3 is 0 Å². The number of ketones is 1. The van der Waals surface area contributed by atoms with Gasteiger partial charge in [-0.3, -0.25) is 19.3 Å². The number of nitrogens with zero attached hydrogens (tertiary/aromatic N) is 1. The van der Waals surface area contributed by atoms with E-state index in [0.29, 0.717) is 19.4 Å². The lowest BCUT2D eigenvalue weighted by molar-refractivity contribution is -0.140. The Hall–Kier alpha value is -1.19. The van der Waals surface area contributed by atoms with Crippen molar-refractivity contribution in [2.45, 2.75) is 39.0 Å². The van der Waals surface area contributed by atoms with Crippen molar-refractivity contribution in [1.29, 1.82) is 0 Å². The zero-order valence-electron chi connectivity index (χ0n) is 9.57. The molecule has 0 radical (unpaired) electrons. The van der Waals surface area contributed by atoms with Crippen LogP contribution < -0.4 is 0 Å². The molecule has 0 spiro atoms. The van der Waals surface area contributed by atoms with Crippen LogP contribution >= 0.6 is 0 Å². The number of rotatable bonds is 3. The van der Waals surface area contributed by atoms with Gasteiger partial charge in [-0.15, -0.1) is 0 Å². The minimum Gasteiger partial charge on any atom is -0.300 e. The summed E-state index contributed by atoms with van der Waals surface area (Å²) in [6.07, 6.45) is 3.12. The molecular formula is C12H17NO3. The predicted molar refractivity (Wildman–Crippen MR) is 57.5 cm³/mol. The third-order valence-corrected chi connectivity index (χ3v) is 3.57. The van der Waals surface area contributed by atoms with Crippen molar-refractivity contribution in [3.05, 3.63) is 0 Å². The monoisotopic (exact) mass is 223 g/mol. The third kappa shape index (κ3) is 1.77. The molecule has 0 aromatic heterocycles. The molecule has 2 amide bonds. The molecule has 0 unspecified atom stereocenters. The molecule has 4 heteroatoms.